The molecule has 1 atom stereocenters. The summed E-state index contributed by atoms with van der Waals surface area (Å²) in [5.74, 6) is -0.616. The Kier molecular flexibility index (Phi) is 6.31. The second-order valence-electron chi connectivity index (χ2n) is 7.24. The van der Waals surface area contributed by atoms with E-state index in [0.29, 0.717) is 11.3 Å². The quantitative estimate of drug-likeness (QED) is 0.835. The smallest absolute Gasteiger partial charge is 0.250 e. The maximum Gasteiger partial charge on any atom is 0.250 e. The van der Waals surface area contributed by atoms with Crippen LogP contribution in [-0.2, 0) is 4.79 Å². The number of amides is 2. The van der Waals surface area contributed by atoms with Crippen LogP contribution in [0.2, 0.25) is 0 Å². The van der Waals surface area contributed by atoms with Gasteiger partial charge in [-0.2, -0.15) is 0 Å². The molecule has 1 unspecified atom stereocenters. The molecule has 0 radical (unpaired) electrons. The highest BCUT2D eigenvalue weighted by Crippen LogP contribution is 2.23. The number of nitrogens with two attached hydrogens (primary N) is 1. The third-order valence-corrected chi connectivity index (χ3v) is 5.23. The van der Waals surface area contributed by atoms with E-state index in [1.807, 2.05) is 19.1 Å². The first-order valence-corrected chi connectivity index (χ1v) is 9.68. The number of carbonyl (C=O) groups excluding carboxylic acids is 2. The third kappa shape index (κ3) is 4.51. The van der Waals surface area contributed by atoms with Crippen molar-refractivity contribution in [2.75, 3.05) is 42.5 Å². The third-order valence-electron chi connectivity index (χ3n) is 5.23. The summed E-state index contributed by atoms with van der Waals surface area (Å²) >= 11 is 0. The summed E-state index contributed by atoms with van der Waals surface area (Å²) < 4.78 is 0. The number of hydrogen-bond donors (Lipinski definition) is 1. The van der Waals surface area contributed by atoms with Gasteiger partial charge in [-0.05, 0) is 31.2 Å². The molecule has 6 nitrogen and oxygen atoms in total. The maximum atomic E-state index is 12.4. The fraction of sp³-hybridized carbons (Fsp3) is 0.364. The van der Waals surface area contributed by atoms with Gasteiger partial charge in [-0.25, -0.2) is 0 Å². The molecule has 1 aliphatic rings. The predicted molar refractivity (Wildman–Crippen MR) is 113 cm³/mol. The summed E-state index contributed by atoms with van der Waals surface area (Å²) in [7, 11) is 0. The molecule has 0 aromatic heterocycles. The van der Waals surface area contributed by atoms with E-state index in [-0.39, 0.29) is 11.9 Å². The molecule has 0 bridgehead atoms. The topological polar surface area (TPSA) is 69.9 Å². The average molecular weight is 380 g/mol. The lowest BCUT2D eigenvalue weighted by molar-refractivity contribution is -0.117. The minimum absolute atomic E-state index is 0.0683. The van der Waals surface area contributed by atoms with Gasteiger partial charge in [-0.15, -0.1) is 0 Å². The van der Waals surface area contributed by atoms with Gasteiger partial charge in [0.25, 0.3) is 5.91 Å². The molecule has 2 N–H and O–H groups in total. The van der Waals surface area contributed by atoms with Crippen molar-refractivity contribution in [3.8, 4) is 0 Å². The lowest BCUT2D eigenvalue weighted by Crippen LogP contribution is -2.52. The van der Waals surface area contributed by atoms with Crippen molar-refractivity contribution in [3.63, 3.8) is 0 Å². The Balaban J connectivity index is 1.67. The first-order chi connectivity index (χ1) is 13.5. The number of carbonyl (C=O) groups is 2. The maximum absolute atomic E-state index is 12.4. The molecule has 0 spiro atoms. The Bertz CT molecular complexity index is 816. The molecule has 28 heavy (non-hydrogen) atoms. The van der Waals surface area contributed by atoms with Gasteiger partial charge >= 0.3 is 0 Å². The fourth-order valence-corrected chi connectivity index (χ4v) is 3.89. The molecule has 6 heteroatoms. The van der Waals surface area contributed by atoms with Crippen LogP contribution in [0.4, 0.5) is 11.4 Å². The van der Waals surface area contributed by atoms with Crippen LogP contribution in [-0.4, -0.2) is 55.5 Å². The number of rotatable bonds is 6. The van der Waals surface area contributed by atoms with Gasteiger partial charge in [0, 0.05) is 51.4 Å². The van der Waals surface area contributed by atoms with Crippen molar-refractivity contribution < 1.29 is 9.59 Å². The highest BCUT2D eigenvalue weighted by molar-refractivity contribution is 6.03. The van der Waals surface area contributed by atoms with Crippen molar-refractivity contribution >= 4 is 23.2 Å². The van der Waals surface area contributed by atoms with E-state index in [4.69, 9.17) is 5.73 Å². The van der Waals surface area contributed by atoms with E-state index < -0.39 is 5.91 Å². The summed E-state index contributed by atoms with van der Waals surface area (Å²) in [6.07, 6.45) is 0. The zero-order chi connectivity index (χ0) is 20.1. The molecule has 0 aliphatic carbocycles. The van der Waals surface area contributed by atoms with Crippen LogP contribution in [0.1, 0.15) is 24.2 Å². The van der Waals surface area contributed by atoms with E-state index >= 15 is 0 Å². The average Bonchev–Trinajstić information content (AvgIpc) is 2.69. The normalized spacial score (nSPS) is 15.9. The van der Waals surface area contributed by atoms with E-state index in [9.17, 15) is 9.59 Å². The molecule has 1 fully saturated rings. The highest BCUT2D eigenvalue weighted by Gasteiger charge is 2.26. The number of para-hydroxylation sites is 2. The Morgan fingerprint density at radius 2 is 1.61 bits per heavy atom. The van der Waals surface area contributed by atoms with Crippen LogP contribution in [0.15, 0.2) is 54.6 Å². The van der Waals surface area contributed by atoms with Crippen molar-refractivity contribution in [1.29, 1.82) is 0 Å². The number of anilines is 2. The van der Waals surface area contributed by atoms with Crippen molar-refractivity contribution in [2.24, 2.45) is 5.73 Å². The van der Waals surface area contributed by atoms with Gasteiger partial charge < -0.3 is 15.5 Å². The molecular weight excluding hydrogens is 352 g/mol. The number of piperazine rings is 1. The van der Waals surface area contributed by atoms with Gasteiger partial charge in [-0.3, -0.25) is 14.5 Å². The SMILES string of the molecule is CC(=O)N(c1ccccc1C(N)=O)C(C)CN1CCN(c2ccccc2)CC1. The van der Waals surface area contributed by atoms with Crippen LogP contribution < -0.4 is 15.5 Å². The van der Waals surface area contributed by atoms with Gasteiger partial charge in [0.05, 0.1) is 11.3 Å². The fourth-order valence-electron chi connectivity index (χ4n) is 3.89. The number of nitrogens with zero attached hydrogens (tertiary/aromatic N) is 3. The lowest BCUT2D eigenvalue weighted by atomic mass is 10.1. The number of benzene rings is 2. The number of primary amides is 1. The first-order valence-electron chi connectivity index (χ1n) is 9.68. The van der Waals surface area contributed by atoms with Crippen LogP contribution in [0.5, 0.6) is 0 Å². The molecule has 1 aliphatic heterocycles. The standard InChI is InChI=1S/C22H28N4O2/c1-17(26(18(2)27)21-11-7-6-10-20(21)22(23)28)16-24-12-14-25(15-13-24)19-8-4-3-5-9-19/h3-11,17H,12-16H2,1-2H3,(H2,23,28). The zero-order valence-electron chi connectivity index (χ0n) is 16.5. The van der Waals surface area contributed by atoms with Crippen molar-refractivity contribution in [2.45, 2.75) is 19.9 Å². The Morgan fingerprint density at radius 1 is 1.00 bits per heavy atom. The van der Waals surface area contributed by atoms with Crippen LogP contribution in [0.25, 0.3) is 0 Å². The van der Waals surface area contributed by atoms with Gasteiger partial charge in [0.15, 0.2) is 0 Å². The summed E-state index contributed by atoms with van der Waals surface area (Å²) in [5, 5.41) is 0. The molecule has 148 valence electrons. The Hall–Kier alpha value is -2.86. The minimum Gasteiger partial charge on any atom is -0.369 e. The summed E-state index contributed by atoms with van der Waals surface area (Å²) in [5.41, 5.74) is 7.72. The second kappa shape index (κ2) is 8.89. The van der Waals surface area contributed by atoms with Crippen LogP contribution in [0.3, 0.4) is 0 Å². The monoisotopic (exact) mass is 380 g/mol. The lowest BCUT2D eigenvalue weighted by Gasteiger charge is -2.39. The highest BCUT2D eigenvalue weighted by atomic mass is 16.2. The summed E-state index contributed by atoms with van der Waals surface area (Å²) in [6.45, 7) is 8.06. The molecular formula is C22H28N4O2. The molecule has 0 saturated carbocycles. The molecule has 2 amide bonds. The van der Waals surface area contributed by atoms with E-state index in [1.165, 1.54) is 12.6 Å². The number of hydrogen-bond acceptors (Lipinski definition) is 4. The largest absolute Gasteiger partial charge is 0.369 e. The predicted octanol–water partition coefficient (Wildman–Crippen LogP) is 2.35. The summed E-state index contributed by atoms with van der Waals surface area (Å²) in [4.78, 5) is 30.6. The molecule has 1 heterocycles. The van der Waals surface area contributed by atoms with Crippen LogP contribution >= 0.6 is 0 Å². The van der Waals surface area contributed by atoms with Crippen LogP contribution in [0, 0.1) is 0 Å². The van der Waals surface area contributed by atoms with Crippen molar-refractivity contribution in [1.82, 2.24) is 4.90 Å². The zero-order valence-corrected chi connectivity index (χ0v) is 16.5. The second-order valence-corrected chi connectivity index (χ2v) is 7.24. The van der Waals surface area contributed by atoms with Gasteiger partial charge in [0.2, 0.25) is 5.91 Å². The van der Waals surface area contributed by atoms with E-state index in [0.717, 1.165) is 32.7 Å². The molecule has 3 rings (SSSR count). The van der Waals surface area contributed by atoms with Crippen molar-refractivity contribution in [3.05, 3.63) is 60.2 Å². The molecule has 2 aromatic carbocycles. The van der Waals surface area contributed by atoms with Gasteiger partial charge in [0.1, 0.15) is 0 Å². The van der Waals surface area contributed by atoms with E-state index in [1.54, 1.807) is 23.1 Å². The van der Waals surface area contributed by atoms with E-state index in [2.05, 4.69) is 34.1 Å². The summed E-state index contributed by atoms with van der Waals surface area (Å²) in [6, 6.07) is 17.4. The minimum atomic E-state index is -0.523. The first kappa shape index (κ1) is 19.9. The molecule has 2 aromatic rings. The van der Waals surface area contributed by atoms with Gasteiger partial charge in [-0.1, -0.05) is 30.3 Å². The Labute approximate surface area is 166 Å². The molecule has 1 saturated heterocycles. The Morgan fingerprint density at radius 3 is 2.21 bits per heavy atom.